The van der Waals surface area contributed by atoms with Crippen LogP contribution in [0.15, 0.2) is 24.3 Å². The molecule has 3 rings (SSSR count). The Hall–Kier alpha value is -0.860. The Labute approximate surface area is 117 Å². The van der Waals surface area contributed by atoms with E-state index in [-0.39, 0.29) is 0 Å². The van der Waals surface area contributed by atoms with Crippen molar-refractivity contribution >= 4 is 0 Å². The minimum absolute atomic E-state index is 0.692. The summed E-state index contributed by atoms with van der Waals surface area (Å²) in [6, 6.07) is 10.4. The molecule has 1 N–H and O–H groups in total. The van der Waals surface area contributed by atoms with Crippen LogP contribution < -0.4 is 5.32 Å². The van der Waals surface area contributed by atoms with Gasteiger partial charge in [0.1, 0.15) is 0 Å². The number of benzene rings is 1. The van der Waals surface area contributed by atoms with Gasteiger partial charge in [-0.3, -0.25) is 4.90 Å². The predicted molar refractivity (Wildman–Crippen MR) is 80.5 cm³/mol. The lowest BCUT2D eigenvalue weighted by Gasteiger charge is -2.38. The van der Waals surface area contributed by atoms with Crippen LogP contribution in [0.2, 0.25) is 0 Å². The van der Waals surface area contributed by atoms with Gasteiger partial charge in [0.05, 0.1) is 0 Å². The molecule has 1 fully saturated rings. The summed E-state index contributed by atoms with van der Waals surface area (Å²) >= 11 is 0. The topological polar surface area (TPSA) is 15.3 Å². The Morgan fingerprint density at radius 3 is 2.53 bits per heavy atom. The number of nitrogens with one attached hydrogen (secondary N) is 1. The lowest BCUT2D eigenvalue weighted by Crippen LogP contribution is -2.54. The zero-order valence-corrected chi connectivity index (χ0v) is 12.2. The Kier molecular flexibility index (Phi) is 3.90. The van der Waals surface area contributed by atoms with Gasteiger partial charge >= 0.3 is 0 Å². The average molecular weight is 258 g/mol. The molecule has 0 radical (unpaired) electrons. The van der Waals surface area contributed by atoms with Crippen LogP contribution in [0, 0.1) is 5.92 Å². The summed E-state index contributed by atoms with van der Waals surface area (Å²) in [7, 11) is 0. The smallest absolute Gasteiger partial charge is 0.0198 e. The fourth-order valence-corrected chi connectivity index (χ4v) is 3.70. The van der Waals surface area contributed by atoms with E-state index in [1.54, 1.807) is 11.1 Å². The standard InChI is InChI=1S/C17H26N2/c1-13(2)9-16-12-19(8-7-18-16)17-10-14-5-3-4-6-15(14)11-17/h3-6,13,16-18H,7-12H2,1-2H3. The molecule has 0 aromatic heterocycles. The SMILES string of the molecule is CC(C)CC1CN(C2Cc3ccccc3C2)CCN1. The van der Waals surface area contributed by atoms with Gasteiger partial charge in [-0.1, -0.05) is 38.1 Å². The number of fused-ring (bicyclic) bond motifs is 1. The van der Waals surface area contributed by atoms with E-state index in [0.717, 1.165) is 18.5 Å². The molecule has 2 heteroatoms. The van der Waals surface area contributed by atoms with E-state index in [0.29, 0.717) is 6.04 Å². The van der Waals surface area contributed by atoms with Crippen LogP contribution in [0.1, 0.15) is 31.4 Å². The van der Waals surface area contributed by atoms with Crippen molar-refractivity contribution in [3.63, 3.8) is 0 Å². The van der Waals surface area contributed by atoms with E-state index >= 15 is 0 Å². The minimum Gasteiger partial charge on any atom is -0.311 e. The summed E-state index contributed by atoms with van der Waals surface area (Å²) < 4.78 is 0. The zero-order valence-electron chi connectivity index (χ0n) is 12.2. The van der Waals surface area contributed by atoms with Crippen LogP contribution >= 0.6 is 0 Å². The maximum atomic E-state index is 3.68. The predicted octanol–water partition coefficient (Wildman–Crippen LogP) is 2.47. The fourth-order valence-electron chi connectivity index (χ4n) is 3.70. The Morgan fingerprint density at radius 2 is 1.89 bits per heavy atom. The molecule has 19 heavy (non-hydrogen) atoms. The van der Waals surface area contributed by atoms with Gasteiger partial charge in [-0.2, -0.15) is 0 Å². The number of piperazine rings is 1. The van der Waals surface area contributed by atoms with E-state index in [1.165, 1.54) is 32.4 Å². The second kappa shape index (κ2) is 5.64. The van der Waals surface area contributed by atoms with E-state index in [4.69, 9.17) is 0 Å². The molecule has 1 aliphatic heterocycles. The van der Waals surface area contributed by atoms with Crippen LogP contribution in [-0.2, 0) is 12.8 Å². The molecule has 1 saturated heterocycles. The van der Waals surface area contributed by atoms with Gasteiger partial charge in [-0.25, -0.2) is 0 Å². The van der Waals surface area contributed by atoms with Crippen molar-refractivity contribution in [1.82, 2.24) is 10.2 Å². The lowest BCUT2D eigenvalue weighted by molar-refractivity contribution is 0.138. The second-order valence-electron chi connectivity index (χ2n) is 6.61. The summed E-state index contributed by atoms with van der Waals surface area (Å²) in [6.45, 7) is 8.26. The highest BCUT2D eigenvalue weighted by molar-refractivity contribution is 5.33. The molecule has 1 atom stereocenters. The van der Waals surface area contributed by atoms with Crippen LogP contribution in [-0.4, -0.2) is 36.6 Å². The molecule has 0 spiro atoms. The Morgan fingerprint density at radius 1 is 1.21 bits per heavy atom. The molecule has 0 bridgehead atoms. The van der Waals surface area contributed by atoms with Gasteiger partial charge in [0.2, 0.25) is 0 Å². The third-order valence-electron chi connectivity index (χ3n) is 4.59. The molecule has 2 aliphatic rings. The minimum atomic E-state index is 0.692. The molecule has 2 nitrogen and oxygen atoms in total. The zero-order chi connectivity index (χ0) is 13.2. The molecule has 1 aromatic carbocycles. The normalized spacial score (nSPS) is 24.9. The largest absolute Gasteiger partial charge is 0.311 e. The maximum absolute atomic E-state index is 3.68. The summed E-state index contributed by atoms with van der Waals surface area (Å²) in [5.74, 6) is 0.790. The molecular formula is C17H26N2. The highest BCUT2D eigenvalue weighted by atomic mass is 15.2. The monoisotopic (exact) mass is 258 g/mol. The van der Waals surface area contributed by atoms with Crippen molar-refractivity contribution in [3.05, 3.63) is 35.4 Å². The third-order valence-corrected chi connectivity index (χ3v) is 4.59. The van der Waals surface area contributed by atoms with Gasteiger partial charge in [0.15, 0.2) is 0 Å². The van der Waals surface area contributed by atoms with Crippen molar-refractivity contribution in [2.45, 2.75) is 45.2 Å². The summed E-state index contributed by atoms with van der Waals surface area (Å²) in [4.78, 5) is 2.73. The van der Waals surface area contributed by atoms with Crippen LogP contribution in [0.5, 0.6) is 0 Å². The van der Waals surface area contributed by atoms with Gasteiger partial charge < -0.3 is 5.32 Å². The molecule has 104 valence electrons. The van der Waals surface area contributed by atoms with Crippen molar-refractivity contribution in [2.75, 3.05) is 19.6 Å². The van der Waals surface area contributed by atoms with E-state index in [2.05, 4.69) is 48.3 Å². The molecular weight excluding hydrogens is 232 g/mol. The molecule has 0 amide bonds. The second-order valence-corrected chi connectivity index (χ2v) is 6.61. The average Bonchev–Trinajstić information content (AvgIpc) is 2.82. The molecule has 0 saturated carbocycles. The van der Waals surface area contributed by atoms with E-state index in [1.807, 2.05) is 0 Å². The molecule has 1 aromatic rings. The molecule has 1 aliphatic carbocycles. The van der Waals surface area contributed by atoms with Gasteiger partial charge in [-0.05, 0) is 36.3 Å². The first-order valence-corrected chi connectivity index (χ1v) is 7.76. The van der Waals surface area contributed by atoms with E-state index in [9.17, 15) is 0 Å². The van der Waals surface area contributed by atoms with Crippen molar-refractivity contribution < 1.29 is 0 Å². The van der Waals surface area contributed by atoms with Gasteiger partial charge in [-0.15, -0.1) is 0 Å². The Bertz CT molecular complexity index is 402. The van der Waals surface area contributed by atoms with Crippen molar-refractivity contribution in [2.24, 2.45) is 5.92 Å². The quantitative estimate of drug-likeness (QED) is 0.896. The fraction of sp³-hybridized carbons (Fsp3) is 0.647. The first-order valence-electron chi connectivity index (χ1n) is 7.76. The van der Waals surface area contributed by atoms with E-state index < -0.39 is 0 Å². The summed E-state index contributed by atoms with van der Waals surface area (Å²) in [5.41, 5.74) is 3.15. The van der Waals surface area contributed by atoms with Gasteiger partial charge in [0.25, 0.3) is 0 Å². The van der Waals surface area contributed by atoms with Gasteiger partial charge in [0, 0.05) is 31.7 Å². The first-order chi connectivity index (χ1) is 9.22. The van der Waals surface area contributed by atoms with Crippen molar-refractivity contribution in [1.29, 1.82) is 0 Å². The Balaban J connectivity index is 1.61. The number of hydrogen-bond acceptors (Lipinski definition) is 2. The van der Waals surface area contributed by atoms with Crippen molar-refractivity contribution in [3.8, 4) is 0 Å². The highest BCUT2D eigenvalue weighted by Crippen LogP contribution is 2.26. The lowest BCUT2D eigenvalue weighted by atomic mass is 10.0. The number of hydrogen-bond donors (Lipinski definition) is 1. The van der Waals surface area contributed by atoms with Crippen LogP contribution in [0.25, 0.3) is 0 Å². The van der Waals surface area contributed by atoms with Crippen LogP contribution in [0.4, 0.5) is 0 Å². The summed E-state index contributed by atoms with van der Waals surface area (Å²) in [6.07, 6.45) is 3.81. The number of nitrogens with zero attached hydrogens (tertiary/aromatic N) is 1. The maximum Gasteiger partial charge on any atom is 0.0198 e. The molecule has 1 heterocycles. The number of rotatable bonds is 3. The third kappa shape index (κ3) is 3.01. The molecule has 1 unspecified atom stereocenters. The van der Waals surface area contributed by atoms with Crippen LogP contribution in [0.3, 0.4) is 0 Å². The first kappa shape index (κ1) is 13.1. The highest BCUT2D eigenvalue weighted by Gasteiger charge is 2.30. The summed E-state index contributed by atoms with van der Waals surface area (Å²) in [5, 5.41) is 3.68.